The Morgan fingerprint density at radius 2 is 2.04 bits per heavy atom. The van der Waals surface area contributed by atoms with Crippen LogP contribution in [0.2, 0.25) is 0 Å². The second kappa shape index (κ2) is 7.49. The van der Waals surface area contributed by atoms with E-state index in [0.717, 1.165) is 11.3 Å². The first-order valence-corrected chi connectivity index (χ1v) is 10.5. The summed E-state index contributed by atoms with van der Waals surface area (Å²) in [5.41, 5.74) is -0.940. The second-order valence-corrected chi connectivity index (χ2v) is 8.74. The van der Waals surface area contributed by atoms with Crippen molar-refractivity contribution in [2.75, 3.05) is 0 Å². The summed E-state index contributed by atoms with van der Waals surface area (Å²) in [7, 11) is 0. The molecule has 0 radical (unpaired) electrons. The molecule has 2 aromatic rings. The monoisotopic (exact) mass is 402 g/mol. The van der Waals surface area contributed by atoms with Gasteiger partial charge in [-0.05, 0) is 0 Å². The summed E-state index contributed by atoms with van der Waals surface area (Å²) in [6, 6.07) is 14.1. The summed E-state index contributed by atoms with van der Waals surface area (Å²) >= 11 is 1.61. The molecule has 24 heavy (non-hydrogen) atoms. The standard InChI is InChI=1S/C20H18O2SSe/c1-15(21)20(12-5-10-19(20)22)17(18-9-6-13-23-18)11-14-24-16-7-3-2-4-8-16/h2-4,6-9,13,17H,5,10,12H2,1H3. The van der Waals surface area contributed by atoms with E-state index in [1.54, 1.807) is 18.3 Å². The maximum absolute atomic E-state index is 12.6. The number of benzene rings is 1. The molecule has 1 aliphatic rings. The van der Waals surface area contributed by atoms with Crippen LogP contribution in [0.15, 0.2) is 47.8 Å². The van der Waals surface area contributed by atoms with Crippen LogP contribution in [-0.2, 0) is 9.59 Å². The third-order valence-corrected chi connectivity index (χ3v) is 7.00. The summed E-state index contributed by atoms with van der Waals surface area (Å²) < 4.78 is 1.21. The third kappa shape index (κ3) is 3.26. The summed E-state index contributed by atoms with van der Waals surface area (Å²) in [6.07, 6.45) is 1.90. The van der Waals surface area contributed by atoms with E-state index in [1.165, 1.54) is 4.46 Å². The summed E-state index contributed by atoms with van der Waals surface area (Å²) in [6.45, 7) is 1.55. The van der Waals surface area contributed by atoms with Crippen LogP contribution in [0.25, 0.3) is 0 Å². The van der Waals surface area contributed by atoms with E-state index < -0.39 is 5.41 Å². The maximum atomic E-state index is 12.6. The van der Waals surface area contributed by atoms with Crippen molar-refractivity contribution in [2.45, 2.75) is 32.1 Å². The van der Waals surface area contributed by atoms with Crippen LogP contribution < -0.4 is 4.46 Å². The van der Waals surface area contributed by atoms with Crippen molar-refractivity contribution in [3.05, 3.63) is 52.7 Å². The molecule has 3 rings (SSSR count). The van der Waals surface area contributed by atoms with Gasteiger partial charge in [0, 0.05) is 0 Å². The zero-order valence-electron chi connectivity index (χ0n) is 13.5. The minimum absolute atomic E-state index is 0.0242. The number of thiophene rings is 1. The van der Waals surface area contributed by atoms with Crippen molar-refractivity contribution in [1.82, 2.24) is 0 Å². The van der Waals surface area contributed by atoms with E-state index in [1.807, 2.05) is 35.7 Å². The van der Waals surface area contributed by atoms with E-state index >= 15 is 0 Å². The zero-order chi connectivity index (χ0) is 17.0. The molecule has 4 heteroatoms. The van der Waals surface area contributed by atoms with Crippen LogP contribution >= 0.6 is 11.3 Å². The Morgan fingerprint density at radius 1 is 1.25 bits per heavy atom. The Kier molecular flexibility index (Phi) is 5.36. The van der Waals surface area contributed by atoms with Crippen molar-refractivity contribution in [3.8, 4) is 10.7 Å². The summed E-state index contributed by atoms with van der Waals surface area (Å²) in [5.74, 6) is 3.03. The van der Waals surface area contributed by atoms with Crippen molar-refractivity contribution < 1.29 is 9.59 Å². The van der Waals surface area contributed by atoms with Crippen LogP contribution in [0.5, 0.6) is 0 Å². The molecular formula is C20H18O2SSe. The molecule has 0 N–H and O–H groups in total. The van der Waals surface area contributed by atoms with Crippen molar-refractivity contribution in [1.29, 1.82) is 0 Å². The van der Waals surface area contributed by atoms with Gasteiger partial charge >= 0.3 is 153 Å². The molecule has 1 saturated carbocycles. The van der Waals surface area contributed by atoms with Gasteiger partial charge in [0.15, 0.2) is 0 Å². The Labute approximate surface area is 152 Å². The van der Waals surface area contributed by atoms with Gasteiger partial charge in [-0.1, -0.05) is 0 Å². The fourth-order valence-electron chi connectivity index (χ4n) is 3.30. The number of carbonyl (C=O) groups excluding carboxylic acids is 2. The molecule has 0 saturated heterocycles. The van der Waals surface area contributed by atoms with E-state index in [-0.39, 0.29) is 32.4 Å². The van der Waals surface area contributed by atoms with E-state index in [9.17, 15) is 9.59 Å². The van der Waals surface area contributed by atoms with Gasteiger partial charge in [-0.15, -0.1) is 0 Å². The Morgan fingerprint density at radius 3 is 2.62 bits per heavy atom. The zero-order valence-corrected chi connectivity index (χ0v) is 16.0. The molecule has 1 heterocycles. The number of rotatable bonds is 4. The van der Waals surface area contributed by atoms with Gasteiger partial charge in [0.25, 0.3) is 0 Å². The second-order valence-electron chi connectivity index (χ2n) is 5.91. The molecular weight excluding hydrogens is 383 g/mol. The van der Waals surface area contributed by atoms with Crippen LogP contribution in [0.1, 0.15) is 37.0 Å². The van der Waals surface area contributed by atoms with Crippen LogP contribution in [0.4, 0.5) is 0 Å². The first kappa shape index (κ1) is 17.2. The van der Waals surface area contributed by atoms with Gasteiger partial charge in [0.2, 0.25) is 0 Å². The van der Waals surface area contributed by atoms with Gasteiger partial charge in [-0.25, -0.2) is 0 Å². The third-order valence-electron chi connectivity index (χ3n) is 4.54. The van der Waals surface area contributed by atoms with Gasteiger partial charge in [-0.3, -0.25) is 0 Å². The first-order valence-electron chi connectivity index (χ1n) is 7.95. The number of ketones is 2. The molecule has 2 atom stereocenters. The Bertz CT molecular complexity index is 786. The van der Waals surface area contributed by atoms with Gasteiger partial charge < -0.3 is 0 Å². The predicted octanol–water partition coefficient (Wildman–Crippen LogP) is 3.15. The molecule has 0 aliphatic heterocycles. The number of carbonyl (C=O) groups is 2. The SMILES string of the molecule is CC(=O)C1(C(C#C[Se]c2ccccc2)c2cccs2)CCCC1=O. The molecule has 1 aromatic heterocycles. The van der Waals surface area contributed by atoms with Crippen LogP contribution in [-0.4, -0.2) is 26.5 Å². The molecule has 1 fully saturated rings. The fraction of sp³-hybridized carbons (Fsp3) is 0.300. The van der Waals surface area contributed by atoms with Gasteiger partial charge in [-0.2, -0.15) is 0 Å². The molecule has 2 unspecified atom stereocenters. The van der Waals surface area contributed by atoms with Gasteiger partial charge in [0.05, 0.1) is 0 Å². The Balaban J connectivity index is 1.96. The normalized spacial score (nSPS) is 21.1. The van der Waals surface area contributed by atoms with E-state index in [4.69, 9.17) is 0 Å². The summed E-state index contributed by atoms with van der Waals surface area (Å²) in [4.78, 5) is 29.4. The fourth-order valence-corrected chi connectivity index (χ4v) is 5.40. The quantitative estimate of drug-likeness (QED) is 0.448. The molecule has 0 amide bonds. The van der Waals surface area contributed by atoms with Crippen molar-refractivity contribution in [2.24, 2.45) is 5.41 Å². The molecule has 0 spiro atoms. The van der Waals surface area contributed by atoms with Crippen LogP contribution in [0, 0.1) is 16.2 Å². The minimum atomic E-state index is -0.940. The summed E-state index contributed by atoms with van der Waals surface area (Å²) in [5, 5.41) is 1.99. The molecule has 1 aliphatic carbocycles. The molecule has 122 valence electrons. The van der Waals surface area contributed by atoms with Crippen molar-refractivity contribution in [3.63, 3.8) is 0 Å². The Hall–Kier alpha value is -1.66. The van der Waals surface area contributed by atoms with Gasteiger partial charge in [0.1, 0.15) is 0 Å². The molecule has 1 aromatic carbocycles. The molecule has 0 bridgehead atoms. The topological polar surface area (TPSA) is 34.1 Å². The van der Waals surface area contributed by atoms with Crippen LogP contribution in [0.3, 0.4) is 0 Å². The van der Waals surface area contributed by atoms with Crippen molar-refractivity contribution >= 4 is 42.3 Å². The molecule has 2 nitrogen and oxygen atoms in total. The van der Waals surface area contributed by atoms with E-state index in [0.29, 0.717) is 12.8 Å². The predicted molar refractivity (Wildman–Crippen MR) is 98.6 cm³/mol. The first-order chi connectivity index (χ1) is 11.6. The average Bonchev–Trinajstić information content (AvgIpc) is 3.23. The average molecular weight is 401 g/mol. The number of Topliss-reactive ketones (excluding diaryl/α,β-unsaturated/α-hetero) is 2. The number of hydrogen-bond acceptors (Lipinski definition) is 3. The van der Waals surface area contributed by atoms with E-state index in [2.05, 4.69) is 22.9 Å². The number of hydrogen-bond donors (Lipinski definition) is 0.